The number of nitrogens with one attached hydrogen (secondary N) is 1. The number of rotatable bonds is 5. The van der Waals surface area contributed by atoms with Gasteiger partial charge in [-0.2, -0.15) is 0 Å². The lowest BCUT2D eigenvalue weighted by Gasteiger charge is -2.25. The minimum Gasteiger partial charge on any atom is -0.467 e. The zero-order valence-corrected chi connectivity index (χ0v) is 14.9. The van der Waals surface area contributed by atoms with Gasteiger partial charge < -0.3 is 24.4 Å². The normalized spacial score (nSPS) is 20.1. The first-order chi connectivity index (χ1) is 12.2. The van der Waals surface area contributed by atoms with Gasteiger partial charge in [-0.05, 0) is 25.5 Å². The number of hydrogen-bond donors (Lipinski definition) is 1. The molecule has 3 rings (SSSR count). The van der Waals surface area contributed by atoms with Gasteiger partial charge in [-0.3, -0.25) is 0 Å². The summed E-state index contributed by atoms with van der Waals surface area (Å²) in [6.07, 6.45) is 1.08. The molecule has 0 saturated carbocycles. The van der Waals surface area contributed by atoms with Crippen molar-refractivity contribution in [3.63, 3.8) is 0 Å². The monoisotopic (exact) mass is 351 g/mol. The highest BCUT2D eigenvalue weighted by molar-refractivity contribution is 5.79. The van der Waals surface area contributed by atoms with Gasteiger partial charge in [0.05, 0.1) is 19.8 Å². The predicted octanol–water partition coefficient (Wildman–Crippen LogP) is 2.13. The van der Waals surface area contributed by atoms with E-state index in [2.05, 4.69) is 15.2 Å². The second-order valence-electron chi connectivity index (χ2n) is 6.44. The standard InChI is InChI=1S/C18H26FN3O3/c1-3-20-18(22(2)9-13-4-5-23-10-13)21-8-14-6-16(19)7-15-11-24-12-25-17(14)15/h6-7,13H,3-5,8-12H2,1-2H3,(H,20,21). The SMILES string of the molecule is CCNC(=NCc1cc(F)cc2c1OCOC2)N(C)CC1CCOC1. The Kier molecular flexibility index (Phi) is 6.09. The molecule has 1 unspecified atom stereocenters. The highest BCUT2D eigenvalue weighted by Crippen LogP contribution is 2.30. The number of guanidine groups is 1. The van der Waals surface area contributed by atoms with Gasteiger partial charge >= 0.3 is 0 Å². The minimum absolute atomic E-state index is 0.191. The molecule has 0 aromatic heterocycles. The van der Waals surface area contributed by atoms with Crippen LogP contribution in [-0.4, -0.2) is 51.0 Å². The van der Waals surface area contributed by atoms with Crippen molar-refractivity contribution in [3.05, 3.63) is 29.1 Å². The third kappa shape index (κ3) is 4.61. The van der Waals surface area contributed by atoms with Crippen molar-refractivity contribution in [2.75, 3.05) is 40.1 Å². The van der Waals surface area contributed by atoms with Crippen molar-refractivity contribution in [2.24, 2.45) is 10.9 Å². The molecule has 1 aromatic carbocycles. The molecule has 2 aliphatic heterocycles. The number of aliphatic imine (C=N–C) groups is 1. The van der Waals surface area contributed by atoms with E-state index in [0.29, 0.717) is 24.8 Å². The van der Waals surface area contributed by atoms with Gasteiger partial charge in [-0.15, -0.1) is 0 Å². The molecule has 1 saturated heterocycles. The minimum atomic E-state index is -0.292. The smallest absolute Gasteiger partial charge is 0.193 e. The van der Waals surface area contributed by atoms with Gasteiger partial charge in [0.2, 0.25) is 0 Å². The molecule has 1 aromatic rings. The molecular formula is C18H26FN3O3. The summed E-state index contributed by atoms with van der Waals surface area (Å²) in [5.74, 6) is 1.73. The van der Waals surface area contributed by atoms with Crippen molar-refractivity contribution >= 4 is 5.96 Å². The molecule has 0 amide bonds. The maximum atomic E-state index is 13.9. The molecule has 1 fully saturated rings. The Balaban J connectivity index is 1.73. The first-order valence-corrected chi connectivity index (χ1v) is 8.76. The number of ether oxygens (including phenoxy) is 3. The average molecular weight is 351 g/mol. The molecule has 1 N–H and O–H groups in total. The van der Waals surface area contributed by atoms with E-state index in [1.54, 1.807) is 0 Å². The van der Waals surface area contributed by atoms with E-state index >= 15 is 0 Å². The van der Waals surface area contributed by atoms with Crippen LogP contribution >= 0.6 is 0 Å². The Labute approximate surface area is 148 Å². The molecule has 0 aliphatic carbocycles. The second kappa shape index (κ2) is 8.49. The Morgan fingerprint density at radius 2 is 2.28 bits per heavy atom. The zero-order valence-electron chi connectivity index (χ0n) is 14.9. The lowest BCUT2D eigenvalue weighted by atomic mass is 10.1. The molecule has 6 nitrogen and oxygen atoms in total. The molecule has 0 bridgehead atoms. The number of halogens is 1. The van der Waals surface area contributed by atoms with Gasteiger partial charge in [0.25, 0.3) is 0 Å². The molecule has 2 aliphatic rings. The summed E-state index contributed by atoms with van der Waals surface area (Å²) >= 11 is 0. The largest absolute Gasteiger partial charge is 0.467 e. The van der Waals surface area contributed by atoms with Crippen molar-refractivity contribution in [2.45, 2.75) is 26.5 Å². The number of benzene rings is 1. The van der Waals surface area contributed by atoms with Gasteiger partial charge in [-0.1, -0.05) is 0 Å². The van der Waals surface area contributed by atoms with Crippen LogP contribution in [-0.2, 0) is 22.6 Å². The van der Waals surface area contributed by atoms with Crippen LogP contribution < -0.4 is 10.1 Å². The van der Waals surface area contributed by atoms with Crippen molar-refractivity contribution in [1.29, 1.82) is 0 Å². The van der Waals surface area contributed by atoms with Crippen LogP contribution in [0.5, 0.6) is 5.75 Å². The Hall–Kier alpha value is -1.86. The van der Waals surface area contributed by atoms with E-state index < -0.39 is 0 Å². The number of nitrogens with zero attached hydrogens (tertiary/aromatic N) is 2. The first-order valence-electron chi connectivity index (χ1n) is 8.76. The Morgan fingerprint density at radius 1 is 1.40 bits per heavy atom. The van der Waals surface area contributed by atoms with E-state index in [9.17, 15) is 4.39 Å². The summed E-state index contributed by atoms with van der Waals surface area (Å²) in [6.45, 7) is 6.24. The van der Waals surface area contributed by atoms with Crippen LogP contribution in [0.25, 0.3) is 0 Å². The van der Waals surface area contributed by atoms with Gasteiger partial charge in [-0.25, -0.2) is 9.38 Å². The average Bonchev–Trinajstić information content (AvgIpc) is 3.11. The van der Waals surface area contributed by atoms with Gasteiger partial charge in [0.15, 0.2) is 12.8 Å². The maximum Gasteiger partial charge on any atom is 0.193 e. The lowest BCUT2D eigenvalue weighted by molar-refractivity contribution is -0.0172. The summed E-state index contributed by atoms with van der Waals surface area (Å²) in [5, 5.41) is 3.30. The van der Waals surface area contributed by atoms with Crippen LogP contribution in [0.4, 0.5) is 4.39 Å². The highest BCUT2D eigenvalue weighted by atomic mass is 19.1. The van der Waals surface area contributed by atoms with Gasteiger partial charge in [0, 0.05) is 43.8 Å². The van der Waals surface area contributed by atoms with E-state index in [0.717, 1.165) is 49.8 Å². The molecule has 138 valence electrons. The van der Waals surface area contributed by atoms with E-state index in [-0.39, 0.29) is 12.6 Å². The molecule has 2 heterocycles. The summed E-state index contributed by atoms with van der Waals surface area (Å²) in [4.78, 5) is 6.79. The topological polar surface area (TPSA) is 55.3 Å². The zero-order chi connectivity index (χ0) is 17.6. The lowest BCUT2D eigenvalue weighted by Crippen LogP contribution is -2.41. The quantitative estimate of drug-likeness (QED) is 0.651. The maximum absolute atomic E-state index is 13.9. The number of hydrogen-bond acceptors (Lipinski definition) is 4. The highest BCUT2D eigenvalue weighted by Gasteiger charge is 2.20. The first kappa shape index (κ1) is 17.9. The van der Waals surface area contributed by atoms with Gasteiger partial charge in [0.1, 0.15) is 11.6 Å². The van der Waals surface area contributed by atoms with Crippen LogP contribution in [0, 0.1) is 11.7 Å². The van der Waals surface area contributed by atoms with E-state index in [1.165, 1.54) is 12.1 Å². The summed E-state index contributed by atoms with van der Waals surface area (Å²) in [6, 6.07) is 2.95. The number of fused-ring (bicyclic) bond motifs is 1. The molecular weight excluding hydrogens is 325 g/mol. The Bertz CT molecular complexity index is 618. The van der Waals surface area contributed by atoms with Crippen LogP contribution in [0.2, 0.25) is 0 Å². The third-order valence-electron chi connectivity index (χ3n) is 4.40. The van der Waals surface area contributed by atoms with Crippen LogP contribution in [0.1, 0.15) is 24.5 Å². The fraction of sp³-hybridized carbons (Fsp3) is 0.611. The van der Waals surface area contributed by atoms with Crippen molar-refractivity contribution in [3.8, 4) is 5.75 Å². The van der Waals surface area contributed by atoms with E-state index in [1.807, 2.05) is 14.0 Å². The van der Waals surface area contributed by atoms with Crippen molar-refractivity contribution in [1.82, 2.24) is 10.2 Å². The van der Waals surface area contributed by atoms with Crippen LogP contribution in [0.3, 0.4) is 0 Å². The van der Waals surface area contributed by atoms with Crippen LogP contribution in [0.15, 0.2) is 17.1 Å². The molecule has 0 radical (unpaired) electrons. The second-order valence-corrected chi connectivity index (χ2v) is 6.44. The molecule has 25 heavy (non-hydrogen) atoms. The predicted molar refractivity (Wildman–Crippen MR) is 93.1 cm³/mol. The molecule has 1 atom stereocenters. The Morgan fingerprint density at radius 3 is 3.04 bits per heavy atom. The third-order valence-corrected chi connectivity index (χ3v) is 4.40. The summed E-state index contributed by atoms with van der Waals surface area (Å²) in [7, 11) is 2.02. The molecule has 0 spiro atoms. The fourth-order valence-electron chi connectivity index (χ4n) is 3.20. The van der Waals surface area contributed by atoms with Crippen molar-refractivity contribution < 1.29 is 18.6 Å². The summed E-state index contributed by atoms with van der Waals surface area (Å²) in [5.41, 5.74) is 1.48. The molecule has 7 heteroatoms. The van der Waals surface area contributed by atoms with E-state index in [4.69, 9.17) is 14.2 Å². The fourth-order valence-corrected chi connectivity index (χ4v) is 3.20. The summed E-state index contributed by atoms with van der Waals surface area (Å²) < 4.78 is 30.1.